The first-order valence-corrected chi connectivity index (χ1v) is 5.36. The van der Waals surface area contributed by atoms with Crippen molar-refractivity contribution >= 4 is 6.01 Å². The van der Waals surface area contributed by atoms with Crippen LogP contribution in [-0.4, -0.2) is 17.3 Å². The maximum Gasteiger partial charge on any atom is 0.315 e. The number of methoxy groups -OCH3 is 1. The van der Waals surface area contributed by atoms with Crippen molar-refractivity contribution in [3.8, 4) is 5.75 Å². The van der Waals surface area contributed by atoms with Crippen LogP contribution in [0.4, 0.5) is 6.01 Å². The molecule has 1 heterocycles. The lowest BCUT2D eigenvalue weighted by Gasteiger charge is -2.07. The standard InChI is InChI=1S/C12H15N3O2/c1-8-4-5-10(6-11(8)16-3)7-13-12-15-14-9(2)17-12/h4-6H,7H2,1-3H3,(H,13,15). The van der Waals surface area contributed by atoms with E-state index in [9.17, 15) is 0 Å². The molecule has 0 saturated heterocycles. The molecular weight excluding hydrogens is 218 g/mol. The van der Waals surface area contributed by atoms with E-state index in [1.807, 2.05) is 25.1 Å². The van der Waals surface area contributed by atoms with Crippen LogP contribution in [0.15, 0.2) is 22.6 Å². The zero-order valence-corrected chi connectivity index (χ0v) is 10.2. The van der Waals surface area contributed by atoms with Gasteiger partial charge in [0.1, 0.15) is 5.75 Å². The van der Waals surface area contributed by atoms with Crippen LogP contribution in [0.5, 0.6) is 5.75 Å². The summed E-state index contributed by atoms with van der Waals surface area (Å²) in [7, 11) is 1.67. The SMILES string of the molecule is COc1cc(CNc2nnc(C)o2)ccc1C. The lowest BCUT2D eigenvalue weighted by Crippen LogP contribution is -2.00. The van der Waals surface area contributed by atoms with Gasteiger partial charge in [-0.25, -0.2) is 0 Å². The van der Waals surface area contributed by atoms with Crippen molar-refractivity contribution in [1.82, 2.24) is 10.2 Å². The summed E-state index contributed by atoms with van der Waals surface area (Å²) in [5.41, 5.74) is 2.22. The minimum Gasteiger partial charge on any atom is -0.496 e. The second-order valence-corrected chi connectivity index (χ2v) is 3.78. The Labute approximate surface area is 99.8 Å². The molecule has 90 valence electrons. The number of aryl methyl sites for hydroxylation is 2. The molecule has 2 aromatic rings. The van der Waals surface area contributed by atoms with Gasteiger partial charge in [0.2, 0.25) is 5.89 Å². The van der Waals surface area contributed by atoms with Gasteiger partial charge in [-0.15, -0.1) is 5.10 Å². The molecule has 1 N–H and O–H groups in total. The van der Waals surface area contributed by atoms with Crippen LogP contribution in [0.2, 0.25) is 0 Å². The van der Waals surface area contributed by atoms with Gasteiger partial charge in [-0.1, -0.05) is 17.2 Å². The number of rotatable bonds is 4. The Hall–Kier alpha value is -2.04. The Morgan fingerprint density at radius 2 is 2.12 bits per heavy atom. The topological polar surface area (TPSA) is 60.2 Å². The third kappa shape index (κ3) is 2.75. The number of hydrogen-bond acceptors (Lipinski definition) is 5. The first-order chi connectivity index (χ1) is 8.19. The molecule has 0 atom stereocenters. The molecule has 17 heavy (non-hydrogen) atoms. The van der Waals surface area contributed by atoms with Crippen LogP contribution >= 0.6 is 0 Å². The molecule has 5 heteroatoms. The highest BCUT2D eigenvalue weighted by molar-refractivity contribution is 5.37. The first-order valence-electron chi connectivity index (χ1n) is 5.36. The quantitative estimate of drug-likeness (QED) is 0.878. The highest BCUT2D eigenvalue weighted by Crippen LogP contribution is 2.19. The molecule has 0 aliphatic carbocycles. The lowest BCUT2D eigenvalue weighted by atomic mass is 10.1. The van der Waals surface area contributed by atoms with Gasteiger partial charge in [0.05, 0.1) is 7.11 Å². The molecule has 1 aromatic carbocycles. The molecule has 0 amide bonds. The Balaban J connectivity index is 2.04. The fourth-order valence-corrected chi connectivity index (χ4v) is 1.52. The largest absolute Gasteiger partial charge is 0.496 e. The number of ether oxygens (including phenoxy) is 1. The number of nitrogens with one attached hydrogen (secondary N) is 1. The molecule has 0 unspecified atom stereocenters. The third-order valence-corrected chi connectivity index (χ3v) is 2.44. The summed E-state index contributed by atoms with van der Waals surface area (Å²) in [6.07, 6.45) is 0. The molecule has 0 fully saturated rings. The molecule has 0 saturated carbocycles. The summed E-state index contributed by atoms with van der Waals surface area (Å²) in [5.74, 6) is 1.43. The minimum absolute atomic E-state index is 0.432. The molecule has 2 rings (SSSR count). The van der Waals surface area contributed by atoms with Crippen molar-refractivity contribution in [1.29, 1.82) is 0 Å². The van der Waals surface area contributed by atoms with Gasteiger partial charge in [-0.2, -0.15) is 0 Å². The Kier molecular flexibility index (Phi) is 3.27. The predicted octanol–water partition coefficient (Wildman–Crippen LogP) is 2.31. The second kappa shape index (κ2) is 4.86. The predicted molar refractivity (Wildman–Crippen MR) is 64.1 cm³/mol. The van der Waals surface area contributed by atoms with Gasteiger partial charge in [0, 0.05) is 13.5 Å². The van der Waals surface area contributed by atoms with Crippen LogP contribution in [0.1, 0.15) is 17.0 Å². The minimum atomic E-state index is 0.432. The summed E-state index contributed by atoms with van der Waals surface area (Å²) in [4.78, 5) is 0. The summed E-state index contributed by atoms with van der Waals surface area (Å²) in [6, 6.07) is 6.48. The van der Waals surface area contributed by atoms with Crippen molar-refractivity contribution in [2.24, 2.45) is 0 Å². The number of anilines is 1. The highest BCUT2D eigenvalue weighted by atomic mass is 16.5. The highest BCUT2D eigenvalue weighted by Gasteiger charge is 2.03. The second-order valence-electron chi connectivity index (χ2n) is 3.78. The summed E-state index contributed by atoms with van der Waals surface area (Å²) in [6.45, 7) is 4.39. The Bertz CT molecular complexity index is 508. The monoisotopic (exact) mass is 233 g/mol. The maximum absolute atomic E-state index is 5.26. The van der Waals surface area contributed by atoms with E-state index in [-0.39, 0.29) is 0 Å². The lowest BCUT2D eigenvalue weighted by molar-refractivity contribution is 0.411. The molecule has 1 aromatic heterocycles. The van der Waals surface area contributed by atoms with Crippen molar-refractivity contribution in [2.45, 2.75) is 20.4 Å². The van der Waals surface area contributed by atoms with E-state index in [1.54, 1.807) is 14.0 Å². The van der Waals surface area contributed by atoms with Gasteiger partial charge in [-0.05, 0) is 24.1 Å². The van der Waals surface area contributed by atoms with Crippen LogP contribution in [-0.2, 0) is 6.54 Å². The van der Waals surface area contributed by atoms with Gasteiger partial charge in [0.25, 0.3) is 0 Å². The molecule has 0 aliphatic rings. The number of benzene rings is 1. The molecule has 0 radical (unpaired) electrons. The van der Waals surface area contributed by atoms with E-state index >= 15 is 0 Å². The molecule has 0 aliphatic heterocycles. The molecule has 0 spiro atoms. The number of hydrogen-bond donors (Lipinski definition) is 1. The van der Waals surface area contributed by atoms with Gasteiger partial charge in [0.15, 0.2) is 0 Å². The van der Waals surface area contributed by atoms with E-state index in [4.69, 9.17) is 9.15 Å². The molecular formula is C12H15N3O2. The Morgan fingerprint density at radius 3 is 2.76 bits per heavy atom. The van der Waals surface area contributed by atoms with Crippen LogP contribution in [0, 0.1) is 13.8 Å². The third-order valence-electron chi connectivity index (χ3n) is 2.44. The summed E-state index contributed by atoms with van der Waals surface area (Å²) in [5, 5.41) is 10.7. The summed E-state index contributed by atoms with van der Waals surface area (Å²) >= 11 is 0. The van der Waals surface area contributed by atoms with Crippen LogP contribution in [0.25, 0.3) is 0 Å². The van der Waals surface area contributed by atoms with Gasteiger partial charge in [-0.3, -0.25) is 0 Å². The maximum atomic E-state index is 5.26. The van der Waals surface area contributed by atoms with E-state index in [0.29, 0.717) is 18.5 Å². The van der Waals surface area contributed by atoms with Gasteiger partial charge < -0.3 is 14.5 Å². The molecule has 5 nitrogen and oxygen atoms in total. The zero-order chi connectivity index (χ0) is 12.3. The fourth-order valence-electron chi connectivity index (χ4n) is 1.52. The zero-order valence-electron chi connectivity index (χ0n) is 10.2. The normalized spacial score (nSPS) is 10.3. The molecule has 0 bridgehead atoms. The number of aromatic nitrogens is 2. The van der Waals surface area contributed by atoms with Crippen molar-refractivity contribution in [3.05, 3.63) is 35.2 Å². The first kappa shape index (κ1) is 11.4. The van der Waals surface area contributed by atoms with E-state index < -0.39 is 0 Å². The average molecular weight is 233 g/mol. The average Bonchev–Trinajstić information content (AvgIpc) is 2.74. The van der Waals surface area contributed by atoms with Gasteiger partial charge >= 0.3 is 6.01 Å². The van der Waals surface area contributed by atoms with Crippen molar-refractivity contribution < 1.29 is 9.15 Å². The van der Waals surface area contributed by atoms with Crippen LogP contribution < -0.4 is 10.1 Å². The fraction of sp³-hybridized carbons (Fsp3) is 0.333. The summed E-state index contributed by atoms with van der Waals surface area (Å²) < 4.78 is 10.5. The van der Waals surface area contributed by atoms with Crippen molar-refractivity contribution in [2.75, 3.05) is 12.4 Å². The van der Waals surface area contributed by atoms with Crippen LogP contribution in [0.3, 0.4) is 0 Å². The van der Waals surface area contributed by atoms with Crippen molar-refractivity contribution in [3.63, 3.8) is 0 Å². The number of nitrogens with zero attached hydrogens (tertiary/aromatic N) is 2. The van der Waals surface area contributed by atoms with E-state index in [1.165, 1.54) is 0 Å². The van der Waals surface area contributed by atoms with E-state index in [0.717, 1.165) is 16.9 Å². The smallest absolute Gasteiger partial charge is 0.315 e. The van der Waals surface area contributed by atoms with E-state index in [2.05, 4.69) is 15.5 Å². The Morgan fingerprint density at radius 1 is 1.29 bits per heavy atom.